The minimum absolute atomic E-state index is 0.0582. The number of hydrazine groups is 1. The predicted molar refractivity (Wildman–Crippen MR) is 78.1 cm³/mol. The number of hydrogen-bond acceptors (Lipinski definition) is 4. The molecule has 0 aliphatic carbocycles. The summed E-state index contributed by atoms with van der Waals surface area (Å²) >= 11 is 0. The summed E-state index contributed by atoms with van der Waals surface area (Å²) in [6, 6.07) is 11.2. The summed E-state index contributed by atoms with van der Waals surface area (Å²) in [4.78, 5) is 12.2. The van der Waals surface area contributed by atoms with Gasteiger partial charge >= 0.3 is 0 Å². The first-order chi connectivity index (χ1) is 10.1. The van der Waals surface area contributed by atoms with E-state index in [9.17, 15) is 9.18 Å². The van der Waals surface area contributed by atoms with Crippen LogP contribution in [0, 0.1) is 24.1 Å². The van der Waals surface area contributed by atoms with E-state index in [2.05, 4.69) is 10.7 Å². The Labute approximate surface area is 121 Å². The molecular weight excluding hydrogens is 271 g/mol. The van der Waals surface area contributed by atoms with Gasteiger partial charge in [0, 0.05) is 0 Å². The summed E-state index contributed by atoms with van der Waals surface area (Å²) in [5, 5.41) is 11.7. The molecule has 0 radical (unpaired) electrons. The molecule has 5 nitrogen and oxygen atoms in total. The van der Waals surface area contributed by atoms with Gasteiger partial charge in [0.2, 0.25) is 0 Å². The average Bonchev–Trinajstić information content (AvgIpc) is 2.47. The van der Waals surface area contributed by atoms with Gasteiger partial charge in [0.25, 0.3) is 5.91 Å². The summed E-state index contributed by atoms with van der Waals surface area (Å²) in [7, 11) is 0. The number of rotatable bonds is 3. The van der Waals surface area contributed by atoms with Crippen LogP contribution >= 0.6 is 0 Å². The molecule has 106 valence electrons. The molecule has 0 unspecified atom stereocenters. The SMILES string of the molecule is Cc1cccc(NC(=O)c2cccc(F)c2NN)c1C#N. The lowest BCUT2D eigenvalue weighted by Crippen LogP contribution is -2.19. The third kappa shape index (κ3) is 2.83. The second-order valence-electron chi connectivity index (χ2n) is 4.37. The molecule has 21 heavy (non-hydrogen) atoms. The summed E-state index contributed by atoms with van der Waals surface area (Å²) in [6.45, 7) is 1.77. The number of aryl methyl sites for hydroxylation is 1. The van der Waals surface area contributed by atoms with Crippen LogP contribution in [0.4, 0.5) is 15.8 Å². The minimum Gasteiger partial charge on any atom is -0.321 e. The Bertz CT molecular complexity index is 737. The summed E-state index contributed by atoms with van der Waals surface area (Å²) in [5.74, 6) is 4.06. The molecule has 0 bridgehead atoms. The van der Waals surface area contributed by atoms with Crippen molar-refractivity contribution in [1.82, 2.24) is 0 Å². The predicted octanol–water partition coefficient (Wildman–Crippen LogP) is 2.54. The molecule has 2 rings (SSSR count). The van der Waals surface area contributed by atoms with Crippen LogP contribution < -0.4 is 16.6 Å². The first-order valence-electron chi connectivity index (χ1n) is 6.14. The maximum absolute atomic E-state index is 13.6. The van der Waals surface area contributed by atoms with Crippen LogP contribution in [0.5, 0.6) is 0 Å². The van der Waals surface area contributed by atoms with Gasteiger partial charge in [-0.3, -0.25) is 10.6 Å². The topological polar surface area (TPSA) is 90.9 Å². The van der Waals surface area contributed by atoms with Crippen LogP contribution in [0.2, 0.25) is 0 Å². The highest BCUT2D eigenvalue weighted by molar-refractivity contribution is 6.08. The van der Waals surface area contributed by atoms with Crippen molar-refractivity contribution in [3.05, 3.63) is 58.9 Å². The molecule has 0 atom stereocenters. The molecule has 0 fully saturated rings. The highest BCUT2D eigenvalue weighted by atomic mass is 19.1. The zero-order valence-corrected chi connectivity index (χ0v) is 11.3. The van der Waals surface area contributed by atoms with Gasteiger partial charge in [-0.1, -0.05) is 18.2 Å². The first kappa shape index (κ1) is 14.5. The highest BCUT2D eigenvalue weighted by Gasteiger charge is 2.16. The lowest BCUT2D eigenvalue weighted by Gasteiger charge is -2.12. The molecular formula is C15H13FN4O. The maximum atomic E-state index is 13.6. The van der Waals surface area contributed by atoms with E-state index in [4.69, 9.17) is 11.1 Å². The molecule has 0 aliphatic rings. The number of para-hydroxylation sites is 1. The van der Waals surface area contributed by atoms with E-state index in [-0.39, 0.29) is 11.3 Å². The summed E-state index contributed by atoms with van der Waals surface area (Å²) in [6.07, 6.45) is 0. The fraction of sp³-hybridized carbons (Fsp3) is 0.0667. The van der Waals surface area contributed by atoms with Gasteiger partial charge in [0.05, 0.1) is 22.5 Å². The number of nitrogens with two attached hydrogens (primary N) is 1. The van der Waals surface area contributed by atoms with Crippen molar-refractivity contribution in [2.24, 2.45) is 5.84 Å². The van der Waals surface area contributed by atoms with Crippen molar-refractivity contribution in [2.45, 2.75) is 6.92 Å². The molecule has 0 heterocycles. The summed E-state index contributed by atoms with van der Waals surface area (Å²) in [5.41, 5.74) is 3.61. The highest BCUT2D eigenvalue weighted by Crippen LogP contribution is 2.22. The van der Waals surface area contributed by atoms with Crippen molar-refractivity contribution in [3.63, 3.8) is 0 Å². The average molecular weight is 284 g/mol. The van der Waals surface area contributed by atoms with Gasteiger partial charge in [0.1, 0.15) is 11.9 Å². The molecule has 4 N–H and O–H groups in total. The Morgan fingerprint density at radius 2 is 2.00 bits per heavy atom. The van der Waals surface area contributed by atoms with E-state index in [0.29, 0.717) is 11.3 Å². The van der Waals surface area contributed by atoms with Gasteiger partial charge in [0.15, 0.2) is 0 Å². The van der Waals surface area contributed by atoms with Gasteiger partial charge in [-0.05, 0) is 30.7 Å². The number of halogens is 1. The van der Waals surface area contributed by atoms with E-state index < -0.39 is 11.7 Å². The van der Waals surface area contributed by atoms with Crippen LogP contribution in [0.1, 0.15) is 21.5 Å². The van der Waals surface area contributed by atoms with E-state index >= 15 is 0 Å². The Kier molecular flexibility index (Phi) is 4.16. The minimum atomic E-state index is -0.630. The molecule has 2 aromatic carbocycles. The Morgan fingerprint density at radius 1 is 1.29 bits per heavy atom. The zero-order valence-electron chi connectivity index (χ0n) is 11.3. The lowest BCUT2D eigenvalue weighted by molar-refractivity contribution is 0.102. The first-order valence-corrected chi connectivity index (χ1v) is 6.14. The Balaban J connectivity index is 2.38. The van der Waals surface area contributed by atoms with E-state index in [1.807, 2.05) is 6.07 Å². The number of amides is 1. The van der Waals surface area contributed by atoms with Crippen molar-refractivity contribution in [2.75, 3.05) is 10.7 Å². The second-order valence-corrected chi connectivity index (χ2v) is 4.37. The van der Waals surface area contributed by atoms with Gasteiger partial charge in [-0.25, -0.2) is 4.39 Å². The fourth-order valence-electron chi connectivity index (χ4n) is 1.97. The molecule has 6 heteroatoms. The van der Waals surface area contributed by atoms with Gasteiger partial charge in [-0.2, -0.15) is 5.26 Å². The maximum Gasteiger partial charge on any atom is 0.257 e. The number of hydrogen-bond donors (Lipinski definition) is 3. The number of anilines is 2. The van der Waals surface area contributed by atoms with Crippen LogP contribution in [0.25, 0.3) is 0 Å². The van der Waals surface area contributed by atoms with Crippen molar-refractivity contribution in [1.29, 1.82) is 5.26 Å². The molecule has 0 saturated heterocycles. The Hall–Kier alpha value is -2.91. The van der Waals surface area contributed by atoms with Crippen LogP contribution in [0.3, 0.4) is 0 Å². The third-order valence-corrected chi connectivity index (χ3v) is 3.04. The molecule has 0 spiro atoms. The molecule has 0 saturated carbocycles. The number of carbonyl (C=O) groups excluding carboxylic acids is 1. The smallest absolute Gasteiger partial charge is 0.257 e. The molecule has 1 amide bonds. The van der Waals surface area contributed by atoms with E-state index in [0.717, 1.165) is 5.56 Å². The molecule has 0 aliphatic heterocycles. The monoisotopic (exact) mass is 284 g/mol. The van der Waals surface area contributed by atoms with E-state index in [1.54, 1.807) is 25.1 Å². The number of nitrogen functional groups attached to an aromatic ring is 1. The van der Waals surface area contributed by atoms with Crippen LogP contribution in [-0.4, -0.2) is 5.91 Å². The lowest BCUT2D eigenvalue weighted by atomic mass is 10.1. The summed E-state index contributed by atoms with van der Waals surface area (Å²) < 4.78 is 13.6. The van der Waals surface area contributed by atoms with Crippen molar-refractivity contribution >= 4 is 17.3 Å². The van der Waals surface area contributed by atoms with Gasteiger partial charge < -0.3 is 10.7 Å². The zero-order chi connectivity index (χ0) is 15.4. The molecule has 2 aromatic rings. The van der Waals surface area contributed by atoms with Crippen molar-refractivity contribution in [3.8, 4) is 6.07 Å². The quantitative estimate of drug-likeness (QED) is 0.596. The van der Waals surface area contributed by atoms with Gasteiger partial charge in [-0.15, -0.1) is 0 Å². The standard InChI is InChI=1S/C15H13FN4O/c1-9-4-2-7-13(11(9)8-17)19-15(21)10-5-3-6-12(16)14(10)20-18/h2-7,20H,18H2,1H3,(H,19,21). The van der Waals surface area contributed by atoms with Crippen molar-refractivity contribution < 1.29 is 9.18 Å². The number of nitrogens with one attached hydrogen (secondary N) is 2. The largest absolute Gasteiger partial charge is 0.321 e. The molecule has 0 aromatic heterocycles. The second kappa shape index (κ2) is 6.03. The Morgan fingerprint density at radius 3 is 2.67 bits per heavy atom. The fourth-order valence-corrected chi connectivity index (χ4v) is 1.97. The number of carbonyl (C=O) groups is 1. The number of nitrogens with zero attached hydrogens (tertiary/aromatic N) is 1. The normalized spacial score (nSPS) is 9.81. The van der Waals surface area contributed by atoms with Crippen LogP contribution in [0.15, 0.2) is 36.4 Å². The third-order valence-electron chi connectivity index (χ3n) is 3.04. The van der Waals surface area contributed by atoms with Crippen LogP contribution in [-0.2, 0) is 0 Å². The van der Waals surface area contributed by atoms with E-state index in [1.165, 1.54) is 18.2 Å². The number of nitriles is 1. The number of benzene rings is 2.